The van der Waals surface area contributed by atoms with Gasteiger partial charge in [-0.15, -0.1) is 0 Å². The molecule has 3 rings (SSSR count). The Morgan fingerprint density at radius 2 is 1.57 bits per heavy atom. The van der Waals surface area contributed by atoms with Crippen LogP contribution in [0.3, 0.4) is 0 Å². The van der Waals surface area contributed by atoms with E-state index >= 15 is 0 Å². The summed E-state index contributed by atoms with van der Waals surface area (Å²) in [6.45, 7) is 4.48. The molecule has 2 amide bonds. The number of carbonyl (C=O) groups is 2. The molecule has 28 heavy (non-hydrogen) atoms. The largest absolute Gasteiger partial charge is 0.284 e. The summed E-state index contributed by atoms with van der Waals surface area (Å²) in [5.74, 6) is -0.550. The third kappa shape index (κ3) is 3.33. The fourth-order valence-electron chi connectivity index (χ4n) is 3.56. The zero-order valence-corrected chi connectivity index (χ0v) is 16.1. The lowest BCUT2D eigenvalue weighted by molar-refractivity contribution is 0.0651. The Morgan fingerprint density at radius 1 is 0.964 bits per heavy atom. The van der Waals surface area contributed by atoms with Crippen LogP contribution in [-0.2, 0) is 19.4 Å². The molecule has 1 aromatic heterocycles. The lowest BCUT2D eigenvalue weighted by atomic mass is 10.0. The number of amides is 2. The molecule has 1 aromatic carbocycles. The number of hydrogen-bond donors (Lipinski definition) is 0. The van der Waals surface area contributed by atoms with Crippen molar-refractivity contribution in [1.82, 2.24) is 14.7 Å². The molecule has 2 aromatic rings. The number of nitrogens with zero attached hydrogens (tertiary/aromatic N) is 4. The van der Waals surface area contributed by atoms with Crippen molar-refractivity contribution in [3.05, 3.63) is 62.6 Å². The van der Waals surface area contributed by atoms with Crippen molar-refractivity contribution in [2.24, 2.45) is 0 Å². The number of fused-ring (bicyclic) bond motifs is 1. The molecular formula is C21H22N4O3. The molecule has 0 bridgehead atoms. The van der Waals surface area contributed by atoms with Gasteiger partial charge >= 0.3 is 0 Å². The fourth-order valence-corrected chi connectivity index (χ4v) is 3.56. The van der Waals surface area contributed by atoms with Crippen LogP contribution in [0.5, 0.6) is 0 Å². The smallest absolute Gasteiger partial charge is 0.274 e. The number of imide groups is 1. The maximum atomic E-state index is 12.5. The normalized spacial score (nSPS) is 13.0. The lowest BCUT2D eigenvalue weighted by Crippen LogP contribution is -2.32. The van der Waals surface area contributed by atoms with Gasteiger partial charge in [0, 0.05) is 13.1 Å². The van der Waals surface area contributed by atoms with Crippen molar-refractivity contribution in [1.29, 1.82) is 5.26 Å². The van der Waals surface area contributed by atoms with Crippen molar-refractivity contribution in [3.63, 3.8) is 0 Å². The van der Waals surface area contributed by atoms with Gasteiger partial charge in [0.1, 0.15) is 11.6 Å². The highest BCUT2D eigenvalue weighted by atomic mass is 16.2. The molecule has 1 aliphatic heterocycles. The molecule has 0 saturated carbocycles. The van der Waals surface area contributed by atoms with E-state index in [9.17, 15) is 19.6 Å². The van der Waals surface area contributed by atoms with Gasteiger partial charge in [-0.05, 0) is 43.4 Å². The molecule has 1 aliphatic rings. The quantitative estimate of drug-likeness (QED) is 0.544. The highest BCUT2D eigenvalue weighted by Gasteiger charge is 2.34. The second-order valence-corrected chi connectivity index (χ2v) is 6.66. The SMILES string of the molecule is CCc1nn(CCCCN2C(=O)c3ccccc3C2=O)c(=O)c(C#N)c1CC. The summed E-state index contributed by atoms with van der Waals surface area (Å²) in [6, 6.07) is 8.81. The van der Waals surface area contributed by atoms with Crippen LogP contribution < -0.4 is 5.56 Å². The molecule has 0 aliphatic carbocycles. The average Bonchev–Trinajstić information content (AvgIpc) is 2.96. The predicted octanol–water partition coefficient (Wildman–Crippen LogP) is 2.32. The van der Waals surface area contributed by atoms with Crippen LogP contribution in [0, 0.1) is 11.3 Å². The van der Waals surface area contributed by atoms with E-state index in [2.05, 4.69) is 5.10 Å². The van der Waals surface area contributed by atoms with Crippen molar-refractivity contribution in [2.75, 3.05) is 6.54 Å². The molecule has 7 heteroatoms. The van der Waals surface area contributed by atoms with Crippen LogP contribution in [0.4, 0.5) is 0 Å². The number of aromatic nitrogens is 2. The Bertz CT molecular complexity index is 998. The summed E-state index contributed by atoms with van der Waals surface area (Å²) in [5.41, 5.74) is 2.14. The van der Waals surface area contributed by atoms with Crippen molar-refractivity contribution >= 4 is 11.8 Å². The molecular weight excluding hydrogens is 356 g/mol. The van der Waals surface area contributed by atoms with E-state index in [4.69, 9.17) is 0 Å². The molecule has 0 spiro atoms. The maximum Gasteiger partial charge on any atom is 0.284 e. The molecule has 0 radical (unpaired) electrons. The molecule has 7 nitrogen and oxygen atoms in total. The van der Waals surface area contributed by atoms with Crippen LogP contribution in [0.1, 0.15) is 64.2 Å². The van der Waals surface area contributed by atoms with E-state index in [-0.39, 0.29) is 22.9 Å². The molecule has 0 fully saturated rings. The van der Waals surface area contributed by atoms with Gasteiger partial charge < -0.3 is 0 Å². The van der Waals surface area contributed by atoms with Crippen molar-refractivity contribution in [3.8, 4) is 6.07 Å². The second kappa shape index (κ2) is 8.17. The number of rotatable bonds is 7. The van der Waals surface area contributed by atoms with Crippen LogP contribution in [0.25, 0.3) is 0 Å². The van der Waals surface area contributed by atoms with Gasteiger partial charge in [0.25, 0.3) is 17.4 Å². The van der Waals surface area contributed by atoms with Crippen molar-refractivity contribution in [2.45, 2.75) is 46.1 Å². The van der Waals surface area contributed by atoms with E-state index < -0.39 is 0 Å². The first-order chi connectivity index (χ1) is 13.5. The first-order valence-electron chi connectivity index (χ1n) is 9.51. The van der Waals surface area contributed by atoms with Crippen LogP contribution in [0.2, 0.25) is 0 Å². The van der Waals surface area contributed by atoms with Gasteiger partial charge in [0.2, 0.25) is 0 Å². The average molecular weight is 378 g/mol. The maximum absolute atomic E-state index is 12.5. The summed E-state index contributed by atoms with van der Waals surface area (Å²) in [6.07, 6.45) is 2.36. The number of benzene rings is 1. The van der Waals surface area contributed by atoms with Gasteiger partial charge in [0.05, 0.1) is 16.8 Å². The Labute approximate surface area is 163 Å². The van der Waals surface area contributed by atoms with E-state index in [1.54, 1.807) is 24.3 Å². The molecule has 2 heterocycles. The van der Waals surface area contributed by atoms with Crippen LogP contribution >= 0.6 is 0 Å². The summed E-state index contributed by atoms with van der Waals surface area (Å²) >= 11 is 0. The van der Waals surface area contributed by atoms with E-state index in [1.165, 1.54) is 9.58 Å². The van der Waals surface area contributed by atoms with E-state index in [1.807, 2.05) is 19.9 Å². The number of aryl methyl sites for hydroxylation is 2. The fraction of sp³-hybridized carbons (Fsp3) is 0.381. The van der Waals surface area contributed by atoms with Crippen molar-refractivity contribution < 1.29 is 9.59 Å². The van der Waals surface area contributed by atoms with E-state index in [0.29, 0.717) is 49.9 Å². The zero-order valence-electron chi connectivity index (χ0n) is 16.1. The highest BCUT2D eigenvalue weighted by Crippen LogP contribution is 2.22. The number of unbranched alkanes of at least 4 members (excludes halogenated alkanes) is 1. The molecule has 0 saturated heterocycles. The topological polar surface area (TPSA) is 96.1 Å². The van der Waals surface area contributed by atoms with Gasteiger partial charge in [-0.2, -0.15) is 10.4 Å². The third-order valence-corrected chi connectivity index (χ3v) is 5.02. The first kappa shape index (κ1) is 19.5. The van der Waals surface area contributed by atoms with Crippen LogP contribution in [0.15, 0.2) is 29.1 Å². The molecule has 0 atom stereocenters. The van der Waals surface area contributed by atoms with E-state index in [0.717, 1.165) is 11.3 Å². The minimum absolute atomic E-state index is 0.162. The molecule has 0 unspecified atom stereocenters. The number of nitriles is 1. The lowest BCUT2D eigenvalue weighted by Gasteiger charge is -2.14. The second-order valence-electron chi connectivity index (χ2n) is 6.66. The minimum Gasteiger partial charge on any atom is -0.274 e. The summed E-state index contributed by atoms with van der Waals surface area (Å²) in [4.78, 5) is 38.5. The zero-order chi connectivity index (χ0) is 20.3. The van der Waals surface area contributed by atoms with Crippen LogP contribution in [-0.4, -0.2) is 33.0 Å². The van der Waals surface area contributed by atoms with Gasteiger partial charge in [-0.3, -0.25) is 19.3 Å². The summed E-state index contributed by atoms with van der Waals surface area (Å²) in [5, 5.41) is 13.8. The predicted molar refractivity (Wildman–Crippen MR) is 103 cm³/mol. The standard InChI is InChI=1S/C21H22N4O3/c1-3-14-17(13-22)21(28)25(23-18(14)4-2)12-8-7-11-24-19(26)15-9-5-6-10-16(15)20(24)27/h5-6,9-10H,3-4,7-8,11-12H2,1-2H3. The monoisotopic (exact) mass is 378 g/mol. The van der Waals surface area contributed by atoms with Gasteiger partial charge in [-0.25, -0.2) is 4.68 Å². The summed E-state index contributed by atoms with van der Waals surface area (Å²) in [7, 11) is 0. The minimum atomic E-state index is -0.378. The Balaban J connectivity index is 1.67. The number of carbonyl (C=O) groups excluding carboxylic acids is 2. The molecule has 144 valence electrons. The number of hydrogen-bond acceptors (Lipinski definition) is 5. The Morgan fingerprint density at radius 3 is 2.11 bits per heavy atom. The van der Waals surface area contributed by atoms with Gasteiger partial charge in [0.15, 0.2) is 0 Å². The first-order valence-corrected chi connectivity index (χ1v) is 9.51. The summed E-state index contributed by atoms with van der Waals surface area (Å²) < 4.78 is 1.33. The third-order valence-electron chi connectivity index (χ3n) is 5.02. The van der Waals surface area contributed by atoms with Gasteiger partial charge in [-0.1, -0.05) is 26.0 Å². The Kier molecular flexibility index (Phi) is 5.69. The Hall–Kier alpha value is -3.27. The highest BCUT2D eigenvalue weighted by molar-refractivity contribution is 6.21. The molecule has 0 N–H and O–H groups in total.